The largest absolute Gasteiger partial charge is 0.317 e. The van der Waals surface area contributed by atoms with Crippen LogP contribution in [0.5, 0.6) is 0 Å². The Balaban J connectivity index is 2.98. The zero-order valence-corrected chi connectivity index (χ0v) is 15.2. The fraction of sp³-hybridized carbons (Fsp3) is 0.700. The summed E-state index contributed by atoms with van der Waals surface area (Å²) in [4.78, 5) is 0. The quantitative estimate of drug-likeness (QED) is 0.614. The van der Waals surface area contributed by atoms with Gasteiger partial charge in [0.15, 0.2) is 0 Å². The summed E-state index contributed by atoms with van der Waals surface area (Å²) in [5.74, 6) is 1.19. The molecule has 0 aliphatic carbocycles. The van der Waals surface area contributed by atoms with E-state index in [9.17, 15) is 0 Å². The molecule has 0 aromatic heterocycles. The van der Waals surface area contributed by atoms with Gasteiger partial charge in [-0.1, -0.05) is 66.7 Å². The second-order valence-electron chi connectivity index (χ2n) is 7.54. The van der Waals surface area contributed by atoms with Crippen molar-refractivity contribution in [3.63, 3.8) is 0 Å². The lowest BCUT2D eigenvalue weighted by atomic mass is 9.76. The van der Waals surface area contributed by atoms with Crippen molar-refractivity contribution in [2.75, 3.05) is 13.1 Å². The Labute approximate surface area is 132 Å². The summed E-state index contributed by atoms with van der Waals surface area (Å²) in [6.07, 6.45) is 2.40. The number of nitrogens with one attached hydrogen (secondary N) is 1. The molecule has 21 heavy (non-hydrogen) atoms. The summed E-state index contributed by atoms with van der Waals surface area (Å²) in [6.45, 7) is 18.4. The molecule has 0 fully saturated rings. The fourth-order valence-electron chi connectivity index (χ4n) is 2.87. The van der Waals surface area contributed by atoms with Crippen LogP contribution >= 0.6 is 0 Å². The van der Waals surface area contributed by atoms with Crippen molar-refractivity contribution in [2.45, 2.75) is 78.6 Å². The summed E-state index contributed by atoms with van der Waals surface area (Å²) in [6, 6.07) is 7.14. The molecule has 0 atom stereocenters. The zero-order valence-electron chi connectivity index (χ0n) is 15.2. The Bertz CT molecular complexity index is 429. The maximum atomic E-state index is 3.54. The Morgan fingerprint density at radius 1 is 1.00 bits per heavy atom. The molecule has 0 amide bonds. The summed E-state index contributed by atoms with van der Waals surface area (Å²) < 4.78 is 0. The van der Waals surface area contributed by atoms with Gasteiger partial charge in [-0.15, -0.1) is 0 Å². The molecule has 0 saturated carbocycles. The minimum Gasteiger partial charge on any atom is -0.317 e. The monoisotopic (exact) mass is 289 g/mol. The predicted molar refractivity (Wildman–Crippen MR) is 95.4 cm³/mol. The van der Waals surface area contributed by atoms with Crippen LogP contribution in [0, 0.1) is 0 Å². The number of rotatable bonds is 8. The highest BCUT2D eigenvalue weighted by Crippen LogP contribution is 2.35. The van der Waals surface area contributed by atoms with Crippen LogP contribution in [0.15, 0.2) is 18.2 Å². The Morgan fingerprint density at radius 2 is 1.67 bits per heavy atom. The molecule has 0 bridgehead atoms. The van der Waals surface area contributed by atoms with Crippen molar-refractivity contribution < 1.29 is 0 Å². The van der Waals surface area contributed by atoms with Crippen LogP contribution in [0.3, 0.4) is 0 Å². The van der Waals surface area contributed by atoms with Crippen molar-refractivity contribution in [1.29, 1.82) is 0 Å². The fourth-order valence-corrected chi connectivity index (χ4v) is 2.87. The number of benzene rings is 1. The highest BCUT2D eigenvalue weighted by molar-refractivity contribution is 5.39. The molecule has 1 aromatic carbocycles. The van der Waals surface area contributed by atoms with E-state index in [4.69, 9.17) is 0 Å². The summed E-state index contributed by atoms with van der Waals surface area (Å²) in [5, 5.41) is 3.54. The summed E-state index contributed by atoms with van der Waals surface area (Å²) >= 11 is 0. The van der Waals surface area contributed by atoms with Crippen molar-refractivity contribution in [3.8, 4) is 0 Å². The van der Waals surface area contributed by atoms with E-state index in [2.05, 4.69) is 72.0 Å². The van der Waals surface area contributed by atoms with Gasteiger partial charge in [-0.25, -0.2) is 0 Å². The van der Waals surface area contributed by atoms with Gasteiger partial charge in [0.1, 0.15) is 0 Å². The maximum absolute atomic E-state index is 3.54. The normalized spacial score (nSPS) is 12.4. The smallest absolute Gasteiger partial charge is 0.00406 e. The van der Waals surface area contributed by atoms with E-state index < -0.39 is 0 Å². The summed E-state index contributed by atoms with van der Waals surface area (Å²) in [5.41, 5.74) is 4.75. The highest BCUT2D eigenvalue weighted by Gasteiger charge is 2.24. The van der Waals surface area contributed by atoms with E-state index in [1.165, 1.54) is 29.5 Å². The molecule has 0 spiro atoms. The molecule has 0 saturated heterocycles. The van der Waals surface area contributed by atoms with E-state index >= 15 is 0 Å². The standard InChI is InChI=1S/C20H35N/c1-8-12-21-13-11-20(6,7)19-10-9-17(15(2)3)14-18(19)16(4)5/h9-10,14-16,21H,8,11-13H2,1-7H3. The molecule has 0 aliphatic heterocycles. The third kappa shape index (κ3) is 5.14. The minimum atomic E-state index is 0.232. The van der Waals surface area contributed by atoms with Crippen molar-refractivity contribution in [3.05, 3.63) is 34.9 Å². The number of hydrogen-bond acceptors (Lipinski definition) is 1. The van der Waals surface area contributed by atoms with E-state index in [0.29, 0.717) is 11.8 Å². The molecule has 1 heteroatoms. The van der Waals surface area contributed by atoms with Gasteiger partial charge in [-0.3, -0.25) is 0 Å². The van der Waals surface area contributed by atoms with Gasteiger partial charge in [0.05, 0.1) is 0 Å². The molecule has 1 nitrogen and oxygen atoms in total. The van der Waals surface area contributed by atoms with E-state index in [1.54, 1.807) is 0 Å². The minimum absolute atomic E-state index is 0.232. The second kappa shape index (κ2) is 7.98. The lowest BCUT2D eigenvalue weighted by Crippen LogP contribution is -2.27. The molecule has 0 heterocycles. The molecule has 0 radical (unpaired) electrons. The topological polar surface area (TPSA) is 12.0 Å². The third-order valence-electron chi connectivity index (χ3n) is 4.45. The molecule has 120 valence electrons. The Morgan fingerprint density at radius 3 is 2.19 bits per heavy atom. The Hall–Kier alpha value is -0.820. The zero-order chi connectivity index (χ0) is 16.0. The van der Waals surface area contributed by atoms with Gasteiger partial charge < -0.3 is 5.32 Å². The van der Waals surface area contributed by atoms with Crippen LogP contribution < -0.4 is 5.32 Å². The van der Waals surface area contributed by atoms with Crippen LogP contribution in [0.25, 0.3) is 0 Å². The van der Waals surface area contributed by atoms with Crippen molar-refractivity contribution >= 4 is 0 Å². The summed E-state index contributed by atoms with van der Waals surface area (Å²) in [7, 11) is 0. The van der Waals surface area contributed by atoms with Crippen molar-refractivity contribution in [1.82, 2.24) is 5.32 Å². The SMILES string of the molecule is CCCNCCC(C)(C)c1ccc(C(C)C)cc1C(C)C. The van der Waals surface area contributed by atoms with Gasteiger partial charge in [0.2, 0.25) is 0 Å². The van der Waals surface area contributed by atoms with Gasteiger partial charge in [0, 0.05) is 0 Å². The maximum Gasteiger partial charge on any atom is -0.00406 e. The molecule has 1 N–H and O–H groups in total. The van der Waals surface area contributed by atoms with Gasteiger partial charge >= 0.3 is 0 Å². The third-order valence-corrected chi connectivity index (χ3v) is 4.45. The van der Waals surface area contributed by atoms with Gasteiger partial charge in [-0.2, -0.15) is 0 Å². The van der Waals surface area contributed by atoms with Crippen LogP contribution in [0.4, 0.5) is 0 Å². The molecule has 1 rings (SSSR count). The van der Waals surface area contributed by atoms with E-state index in [0.717, 1.165) is 13.1 Å². The highest BCUT2D eigenvalue weighted by atomic mass is 14.8. The first kappa shape index (κ1) is 18.2. The van der Waals surface area contributed by atoms with Gasteiger partial charge in [0.25, 0.3) is 0 Å². The van der Waals surface area contributed by atoms with Gasteiger partial charge in [-0.05, 0) is 59.9 Å². The average Bonchev–Trinajstić information content (AvgIpc) is 2.42. The van der Waals surface area contributed by atoms with E-state index in [1.807, 2.05) is 0 Å². The van der Waals surface area contributed by atoms with Crippen LogP contribution in [-0.2, 0) is 5.41 Å². The first-order valence-electron chi connectivity index (χ1n) is 8.64. The lowest BCUT2D eigenvalue weighted by molar-refractivity contribution is 0.452. The lowest BCUT2D eigenvalue weighted by Gasteiger charge is -2.30. The molecule has 1 aromatic rings. The van der Waals surface area contributed by atoms with Crippen LogP contribution in [0.1, 0.15) is 89.8 Å². The van der Waals surface area contributed by atoms with Crippen LogP contribution in [0.2, 0.25) is 0 Å². The van der Waals surface area contributed by atoms with E-state index in [-0.39, 0.29) is 5.41 Å². The first-order chi connectivity index (χ1) is 9.79. The predicted octanol–water partition coefficient (Wildman–Crippen LogP) is 5.60. The molecule has 0 aliphatic rings. The first-order valence-corrected chi connectivity index (χ1v) is 8.64. The molecular weight excluding hydrogens is 254 g/mol. The Kier molecular flexibility index (Phi) is 6.93. The van der Waals surface area contributed by atoms with Crippen LogP contribution in [-0.4, -0.2) is 13.1 Å². The molecular formula is C20H35N. The average molecular weight is 290 g/mol. The molecule has 0 unspecified atom stereocenters. The van der Waals surface area contributed by atoms with Crippen molar-refractivity contribution in [2.24, 2.45) is 0 Å². The number of hydrogen-bond donors (Lipinski definition) is 1. The second-order valence-corrected chi connectivity index (χ2v) is 7.54.